The lowest BCUT2D eigenvalue weighted by molar-refractivity contribution is -0.112. The van der Waals surface area contributed by atoms with Crippen LogP contribution in [0.5, 0.6) is 0 Å². The van der Waals surface area contributed by atoms with Crippen LogP contribution in [0.4, 0.5) is 0 Å². The Kier molecular flexibility index (Phi) is 4.71. The fraction of sp³-hybridized carbons (Fsp3) is 0.267. The standard InChI is InChI=1S/C15H18O/c1-12(7-9-14(3)16)8-10-15-6-4-5-13(2)11-15/h4-9,11H,10H2,1-3H3. The molecule has 0 fully saturated rings. The summed E-state index contributed by atoms with van der Waals surface area (Å²) in [5, 5.41) is 0. The Balaban J connectivity index is 2.62. The van der Waals surface area contributed by atoms with Crippen molar-refractivity contribution in [1.29, 1.82) is 0 Å². The highest BCUT2D eigenvalue weighted by molar-refractivity contribution is 5.87. The molecule has 84 valence electrons. The van der Waals surface area contributed by atoms with E-state index in [9.17, 15) is 4.79 Å². The molecule has 0 saturated carbocycles. The zero-order valence-electron chi connectivity index (χ0n) is 10.2. The van der Waals surface area contributed by atoms with Gasteiger partial charge >= 0.3 is 0 Å². The van der Waals surface area contributed by atoms with Crippen molar-refractivity contribution in [2.24, 2.45) is 0 Å². The monoisotopic (exact) mass is 214 g/mol. The zero-order valence-corrected chi connectivity index (χ0v) is 10.2. The van der Waals surface area contributed by atoms with Crippen LogP contribution >= 0.6 is 0 Å². The molecule has 0 unspecified atom stereocenters. The van der Waals surface area contributed by atoms with E-state index in [1.165, 1.54) is 11.1 Å². The summed E-state index contributed by atoms with van der Waals surface area (Å²) in [6.45, 7) is 5.66. The minimum atomic E-state index is 0.0864. The lowest BCUT2D eigenvalue weighted by atomic mass is 10.1. The van der Waals surface area contributed by atoms with Crippen LogP contribution < -0.4 is 0 Å². The fourth-order valence-corrected chi connectivity index (χ4v) is 1.43. The van der Waals surface area contributed by atoms with Gasteiger partial charge in [0.15, 0.2) is 5.78 Å². The lowest BCUT2D eigenvalue weighted by Gasteiger charge is -1.99. The molecule has 1 heteroatoms. The first-order valence-corrected chi connectivity index (χ1v) is 5.49. The maximum atomic E-state index is 10.8. The molecule has 0 aromatic heterocycles. The average Bonchev–Trinajstić information content (AvgIpc) is 2.23. The van der Waals surface area contributed by atoms with E-state index in [0.29, 0.717) is 0 Å². The van der Waals surface area contributed by atoms with Crippen LogP contribution in [0.1, 0.15) is 25.0 Å². The molecule has 0 aliphatic carbocycles. The number of benzene rings is 1. The van der Waals surface area contributed by atoms with E-state index in [0.717, 1.165) is 12.0 Å². The molecule has 0 atom stereocenters. The molecule has 16 heavy (non-hydrogen) atoms. The predicted molar refractivity (Wildman–Crippen MR) is 68.5 cm³/mol. The normalized spacial score (nSPS) is 12.1. The SMILES string of the molecule is CC(=O)C=CC(C)=CCc1cccc(C)c1. The van der Waals surface area contributed by atoms with Crippen LogP contribution in [-0.4, -0.2) is 5.78 Å². The molecule has 0 N–H and O–H groups in total. The van der Waals surface area contributed by atoms with Gasteiger partial charge in [0.05, 0.1) is 0 Å². The van der Waals surface area contributed by atoms with Crippen LogP contribution in [0.3, 0.4) is 0 Å². The third kappa shape index (κ3) is 4.74. The lowest BCUT2D eigenvalue weighted by Crippen LogP contribution is -1.84. The van der Waals surface area contributed by atoms with E-state index in [4.69, 9.17) is 0 Å². The number of ketones is 1. The number of allylic oxidation sites excluding steroid dienone is 4. The summed E-state index contributed by atoms with van der Waals surface area (Å²) in [6.07, 6.45) is 6.50. The highest BCUT2D eigenvalue weighted by atomic mass is 16.1. The summed E-state index contributed by atoms with van der Waals surface area (Å²) in [5.74, 6) is 0.0864. The molecule has 1 nitrogen and oxygen atoms in total. The summed E-state index contributed by atoms with van der Waals surface area (Å²) in [7, 11) is 0. The molecule has 0 aliphatic rings. The van der Waals surface area contributed by atoms with Crippen molar-refractivity contribution in [3.8, 4) is 0 Å². The number of carbonyl (C=O) groups is 1. The smallest absolute Gasteiger partial charge is 0.152 e. The van der Waals surface area contributed by atoms with Crippen molar-refractivity contribution < 1.29 is 4.79 Å². The van der Waals surface area contributed by atoms with E-state index in [1.807, 2.05) is 13.0 Å². The second-order valence-corrected chi connectivity index (χ2v) is 4.09. The van der Waals surface area contributed by atoms with Crippen molar-refractivity contribution in [1.82, 2.24) is 0 Å². The van der Waals surface area contributed by atoms with Crippen LogP contribution in [-0.2, 0) is 11.2 Å². The molecule has 0 saturated heterocycles. The molecule has 0 spiro atoms. The molecule has 0 radical (unpaired) electrons. The first kappa shape index (κ1) is 12.4. The molecule has 0 bridgehead atoms. The summed E-state index contributed by atoms with van der Waals surface area (Å²) < 4.78 is 0. The van der Waals surface area contributed by atoms with Gasteiger partial charge in [-0.1, -0.05) is 47.6 Å². The third-order valence-electron chi connectivity index (χ3n) is 2.32. The number of rotatable bonds is 4. The average molecular weight is 214 g/mol. The van der Waals surface area contributed by atoms with Crippen molar-refractivity contribution in [3.63, 3.8) is 0 Å². The molecular weight excluding hydrogens is 196 g/mol. The van der Waals surface area contributed by atoms with Gasteiger partial charge < -0.3 is 0 Å². The second-order valence-electron chi connectivity index (χ2n) is 4.09. The van der Waals surface area contributed by atoms with Gasteiger partial charge in [-0.05, 0) is 38.8 Å². The molecule has 0 aliphatic heterocycles. The maximum absolute atomic E-state index is 10.8. The second kappa shape index (κ2) is 6.06. The van der Waals surface area contributed by atoms with Gasteiger partial charge in [-0.2, -0.15) is 0 Å². The Hall–Kier alpha value is -1.63. The largest absolute Gasteiger partial charge is 0.295 e. The third-order valence-corrected chi connectivity index (χ3v) is 2.32. The van der Waals surface area contributed by atoms with Gasteiger partial charge in [-0.25, -0.2) is 0 Å². The highest BCUT2D eigenvalue weighted by Crippen LogP contribution is 2.07. The maximum Gasteiger partial charge on any atom is 0.152 e. The summed E-state index contributed by atoms with van der Waals surface area (Å²) in [5.41, 5.74) is 3.70. The Morgan fingerprint density at radius 2 is 2.00 bits per heavy atom. The Morgan fingerprint density at radius 3 is 2.62 bits per heavy atom. The van der Waals surface area contributed by atoms with Crippen molar-refractivity contribution in [3.05, 3.63) is 59.2 Å². The molecule has 1 rings (SSSR count). The van der Waals surface area contributed by atoms with Crippen molar-refractivity contribution >= 4 is 5.78 Å². The van der Waals surface area contributed by atoms with Gasteiger partial charge in [-0.3, -0.25) is 4.79 Å². The minimum Gasteiger partial charge on any atom is -0.295 e. The van der Waals surface area contributed by atoms with Crippen molar-refractivity contribution in [2.45, 2.75) is 27.2 Å². The number of hydrogen-bond donors (Lipinski definition) is 0. The molecule has 0 amide bonds. The molecular formula is C15H18O. The topological polar surface area (TPSA) is 17.1 Å². The highest BCUT2D eigenvalue weighted by Gasteiger charge is 1.91. The number of hydrogen-bond acceptors (Lipinski definition) is 1. The number of aryl methyl sites for hydroxylation is 1. The molecule has 1 aromatic rings. The molecule has 1 aromatic carbocycles. The van der Waals surface area contributed by atoms with E-state index < -0.39 is 0 Å². The van der Waals surface area contributed by atoms with Crippen LogP contribution in [0.15, 0.2) is 48.1 Å². The summed E-state index contributed by atoms with van der Waals surface area (Å²) >= 11 is 0. The van der Waals surface area contributed by atoms with Gasteiger partial charge in [0, 0.05) is 0 Å². The van der Waals surface area contributed by atoms with Crippen LogP contribution in [0, 0.1) is 6.92 Å². The van der Waals surface area contributed by atoms with Gasteiger partial charge in [0.2, 0.25) is 0 Å². The Labute approximate surface area is 97.5 Å². The van der Waals surface area contributed by atoms with Crippen LogP contribution in [0.25, 0.3) is 0 Å². The summed E-state index contributed by atoms with van der Waals surface area (Å²) in [4.78, 5) is 10.8. The Bertz CT molecular complexity index is 425. The number of carbonyl (C=O) groups excluding carboxylic acids is 1. The zero-order chi connectivity index (χ0) is 12.0. The fourth-order valence-electron chi connectivity index (χ4n) is 1.43. The van der Waals surface area contributed by atoms with Crippen molar-refractivity contribution in [2.75, 3.05) is 0 Å². The van der Waals surface area contributed by atoms with E-state index in [-0.39, 0.29) is 5.78 Å². The van der Waals surface area contributed by atoms with Gasteiger partial charge in [0.1, 0.15) is 0 Å². The quantitative estimate of drug-likeness (QED) is 0.552. The van der Waals surface area contributed by atoms with E-state index in [1.54, 1.807) is 13.0 Å². The van der Waals surface area contributed by atoms with E-state index >= 15 is 0 Å². The predicted octanol–water partition coefficient (Wildman–Crippen LogP) is 3.63. The first-order chi connectivity index (χ1) is 7.58. The Morgan fingerprint density at radius 1 is 1.25 bits per heavy atom. The van der Waals surface area contributed by atoms with Crippen LogP contribution in [0.2, 0.25) is 0 Å². The first-order valence-electron chi connectivity index (χ1n) is 5.49. The minimum absolute atomic E-state index is 0.0864. The summed E-state index contributed by atoms with van der Waals surface area (Å²) in [6, 6.07) is 8.46. The molecule has 0 heterocycles. The van der Waals surface area contributed by atoms with Gasteiger partial charge in [-0.15, -0.1) is 0 Å². The van der Waals surface area contributed by atoms with Gasteiger partial charge in [0.25, 0.3) is 0 Å². The van der Waals surface area contributed by atoms with E-state index in [2.05, 4.69) is 37.3 Å².